The first-order chi connectivity index (χ1) is 11.4. The molecular weight excluding hydrogens is 463 g/mol. The van der Waals surface area contributed by atoms with Crippen LogP contribution in [0.1, 0.15) is 22.8 Å². The number of hydrazone groups is 1. The Kier molecular flexibility index (Phi) is 6.65. The third-order valence-corrected chi connectivity index (χ3v) is 5.36. The molecule has 0 spiro atoms. The van der Waals surface area contributed by atoms with Crippen LogP contribution in [-0.4, -0.2) is 23.8 Å². The number of phenols is 1. The zero-order valence-corrected chi connectivity index (χ0v) is 16.4. The molecule has 1 amide bonds. The van der Waals surface area contributed by atoms with Crippen molar-refractivity contribution in [3.63, 3.8) is 0 Å². The number of nitrogens with one attached hydrogen (secondary N) is 1. The Labute approximate surface area is 160 Å². The van der Waals surface area contributed by atoms with E-state index in [9.17, 15) is 9.90 Å². The van der Waals surface area contributed by atoms with Gasteiger partial charge in [0.25, 0.3) is 5.91 Å². The van der Waals surface area contributed by atoms with Crippen molar-refractivity contribution in [1.29, 1.82) is 0 Å². The topological polar surface area (TPSA) is 70.9 Å². The SMILES string of the molecule is CCOc1cc(C=NNC(=O)c2ccc(Cl)cc2)c(Br)c(Br)c1O. The molecular formula is C16H13Br2ClN2O3. The standard InChI is InChI=1S/C16H13Br2ClN2O3/c1-2-24-12-7-10(13(17)14(18)15(12)22)8-20-21-16(23)9-3-5-11(19)6-4-9/h3-8,22H,2H2,1H3,(H,21,23). The average Bonchev–Trinajstić information content (AvgIpc) is 2.57. The van der Waals surface area contributed by atoms with E-state index in [4.69, 9.17) is 16.3 Å². The van der Waals surface area contributed by atoms with Crippen molar-refractivity contribution < 1.29 is 14.6 Å². The van der Waals surface area contributed by atoms with Crippen molar-refractivity contribution >= 4 is 55.6 Å². The number of rotatable bonds is 5. The Bertz CT molecular complexity index is 780. The summed E-state index contributed by atoms with van der Waals surface area (Å²) < 4.78 is 6.39. The zero-order valence-electron chi connectivity index (χ0n) is 12.5. The van der Waals surface area contributed by atoms with Gasteiger partial charge in [-0.2, -0.15) is 5.10 Å². The van der Waals surface area contributed by atoms with E-state index in [0.29, 0.717) is 37.5 Å². The zero-order chi connectivity index (χ0) is 17.7. The van der Waals surface area contributed by atoms with Crippen molar-refractivity contribution in [3.8, 4) is 11.5 Å². The van der Waals surface area contributed by atoms with E-state index < -0.39 is 0 Å². The van der Waals surface area contributed by atoms with Crippen molar-refractivity contribution in [1.82, 2.24) is 5.43 Å². The first kappa shape index (κ1) is 18.8. The molecule has 126 valence electrons. The van der Waals surface area contributed by atoms with Crippen molar-refractivity contribution in [2.24, 2.45) is 5.10 Å². The van der Waals surface area contributed by atoms with Gasteiger partial charge in [-0.05, 0) is 69.1 Å². The molecule has 0 aliphatic heterocycles. The van der Waals surface area contributed by atoms with Crippen LogP contribution in [0.5, 0.6) is 11.5 Å². The molecule has 2 rings (SSSR count). The number of carbonyl (C=O) groups is 1. The summed E-state index contributed by atoms with van der Waals surface area (Å²) >= 11 is 12.4. The number of ether oxygens (including phenoxy) is 1. The van der Waals surface area contributed by atoms with E-state index >= 15 is 0 Å². The quantitative estimate of drug-likeness (QED) is 0.484. The monoisotopic (exact) mass is 474 g/mol. The number of nitrogens with zero attached hydrogens (tertiary/aromatic N) is 1. The summed E-state index contributed by atoms with van der Waals surface area (Å²) in [4.78, 5) is 12.0. The Hall–Kier alpha value is -1.57. The average molecular weight is 477 g/mol. The molecule has 2 N–H and O–H groups in total. The highest BCUT2D eigenvalue weighted by molar-refractivity contribution is 9.13. The maximum absolute atomic E-state index is 12.0. The van der Waals surface area contributed by atoms with Gasteiger partial charge in [0.2, 0.25) is 0 Å². The van der Waals surface area contributed by atoms with Crippen molar-refractivity contribution in [2.45, 2.75) is 6.92 Å². The Morgan fingerprint density at radius 1 is 1.33 bits per heavy atom. The van der Waals surface area contributed by atoms with Gasteiger partial charge < -0.3 is 9.84 Å². The maximum Gasteiger partial charge on any atom is 0.271 e. The summed E-state index contributed by atoms with van der Waals surface area (Å²) in [5.41, 5.74) is 3.49. The van der Waals surface area contributed by atoms with Crippen molar-refractivity contribution in [2.75, 3.05) is 6.61 Å². The number of amides is 1. The summed E-state index contributed by atoms with van der Waals surface area (Å²) in [5.74, 6) is -0.0500. The largest absolute Gasteiger partial charge is 0.503 e. The molecule has 0 aromatic heterocycles. The normalized spacial score (nSPS) is 10.8. The first-order valence-electron chi connectivity index (χ1n) is 6.86. The fourth-order valence-electron chi connectivity index (χ4n) is 1.80. The summed E-state index contributed by atoms with van der Waals surface area (Å²) in [6.45, 7) is 2.22. The minimum atomic E-state index is -0.359. The second kappa shape index (κ2) is 8.50. The Balaban J connectivity index is 2.16. The smallest absolute Gasteiger partial charge is 0.271 e. The van der Waals surface area contributed by atoms with Gasteiger partial charge in [0, 0.05) is 20.6 Å². The highest BCUT2D eigenvalue weighted by Crippen LogP contribution is 2.41. The van der Waals surface area contributed by atoms with Gasteiger partial charge >= 0.3 is 0 Å². The number of halogens is 3. The van der Waals surface area contributed by atoms with E-state index in [0.717, 1.165) is 0 Å². The second-order valence-electron chi connectivity index (χ2n) is 4.58. The van der Waals surface area contributed by atoms with Crippen LogP contribution < -0.4 is 10.2 Å². The van der Waals surface area contributed by atoms with Crippen LogP contribution in [0.25, 0.3) is 0 Å². The van der Waals surface area contributed by atoms with Gasteiger partial charge in [0.05, 0.1) is 17.3 Å². The van der Waals surface area contributed by atoms with E-state index in [-0.39, 0.29) is 11.7 Å². The fourth-order valence-corrected chi connectivity index (χ4v) is 2.75. The predicted octanol–water partition coefficient (Wildman–Crippen LogP) is 4.73. The van der Waals surface area contributed by atoms with Crippen LogP contribution in [0.3, 0.4) is 0 Å². The molecule has 8 heteroatoms. The van der Waals surface area contributed by atoms with Crippen molar-refractivity contribution in [3.05, 3.63) is 55.4 Å². The number of aromatic hydroxyl groups is 1. The van der Waals surface area contributed by atoms with E-state index in [1.165, 1.54) is 6.21 Å². The summed E-state index contributed by atoms with van der Waals surface area (Å²) in [5, 5.41) is 14.5. The van der Waals surface area contributed by atoms with Gasteiger partial charge in [-0.15, -0.1) is 0 Å². The molecule has 0 bridgehead atoms. The Morgan fingerprint density at radius 2 is 2.00 bits per heavy atom. The lowest BCUT2D eigenvalue weighted by Gasteiger charge is -2.10. The highest BCUT2D eigenvalue weighted by atomic mass is 79.9. The van der Waals surface area contributed by atoms with Gasteiger partial charge in [0.15, 0.2) is 11.5 Å². The number of carbonyl (C=O) groups excluding carboxylic acids is 1. The maximum atomic E-state index is 12.0. The van der Waals surface area contributed by atoms with Crippen LogP contribution in [0, 0.1) is 0 Å². The van der Waals surface area contributed by atoms with Gasteiger partial charge in [-0.3, -0.25) is 4.79 Å². The fraction of sp³-hybridized carbons (Fsp3) is 0.125. The molecule has 0 radical (unpaired) electrons. The minimum absolute atomic E-state index is 0.00826. The van der Waals surface area contributed by atoms with Crippen LogP contribution in [-0.2, 0) is 0 Å². The molecule has 0 heterocycles. The number of phenolic OH excluding ortho intramolecular Hbond substituents is 1. The summed E-state index contributed by atoms with van der Waals surface area (Å²) in [6.07, 6.45) is 1.45. The van der Waals surface area contributed by atoms with Gasteiger partial charge in [-0.25, -0.2) is 5.43 Å². The third-order valence-electron chi connectivity index (χ3n) is 2.95. The van der Waals surface area contributed by atoms with E-state index in [1.54, 1.807) is 30.3 Å². The van der Waals surface area contributed by atoms with Crippen LogP contribution in [0.15, 0.2) is 44.4 Å². The lowest BCUT2D eigenvalue weighted by molar-refractivity contribution is 0.0955. The molecule has 0 aliphatic rings. The summed E-state index contributed by atoms with van der Waals surface area (Å²) in [6, 6.07) is 8.08. The summed E-state index contributed by atoms with van der Waals surface area (Å²) in [7, 11) is 0. The van der Waals surface area contributed by atoms with E-state index in [2.05, 4.69) is 42.4 Å². The molecule has 2 aromatic rings. The molecule has 0 unspecified atom stereocenters. The molecule has 0 atom stereocenters. The molecule has 0 saturated heterocycles. The number of hydrogen-bond acceptors (Lipinski definition) is 4. The van der Waals surface area contributed by atoms with E-state index in [1.807, 2.05) is 6.92 Å². The van der Waals surface area contributed by atoms with Crippen LogP contribution in [0.4, 0.5) is 0 Å². The molecule has 0 fully saturated rings. The molecule has 0 aliphatic carbocycles. The van der Waals surface area contributed by atoms with Crippen LogP contribution in [0.2, 0.25) is 5.02 Å². The molecule has 0 saturated carbocycles. The number of hydrogen-bond donors (Lipinski definition) is 2. The predicted molar refractivity (Wildman–Crippen MR) is 101 cm³/mol. The lowest BCUT2D eigenvalue weighted by Crippen LogP contribution is -2.17. The number of benzene rings is 2. The highest BCUT2D eigenvalue weighted by Gasteiger charge is 2.14. The lowest BCUT2D eigenvalue weighted by atomic mass is 10.2. The molecule has 24 heavy (non-hydrogen) atoms. The second-order valence-corrected chi connectivity index (χ2v) is 6.60. The van der Waals surface area contributed by atoms with Crippen LogP contribution >= 0.6 is 43.5 Å². The Morgan fingerprint density at radius 3 is 2.62 bits per heavy atom. The van der Waals surface area contributed by atoms with Gasteiger partial charge in [0.1, 0.15) is 0 Å². The molecule has 2 aromatic carbocycles. The third kappa shape index (κ3) is 4.49. The first-order valence-corrected chi connectivity index (χ1v) is 8.83. The van der Waals surface area contributed by atoms with Gasteiger partial charge in [-0.1, -0.05) is 11.6 Å². The molecule has 5 nitrogen and oxygen atoms in total. The minimum Gasteiger partial charge on any atom is -0.503 e.